The normalized spacial score (nSPS) is 20.5. The molecule has 0 aromatic heterocycles. The molecule has 1 aromatic rings. The third kappa shape index (κ3) is 6.03. The third-order valence-corrected chi connectivity index (χ3v) is 5.85. The van der Waals surface area contributed by atoms with Gasteiger partial charge in [-0.2, -0.15) is 0 Å². The van der Waals surface area contributed by atoms with Gasteiger partial charge in [-0.1, -0.05) is 44.2 Å². The topological polar surface area (TPSA) is 61.9 Å². The zero-order chi connectivity index (χ0) is 20.6. The number of carbonyl (C=O) groups is 2. The smallest absolute Gasteiger partial charge is 0.247 e. The average Bonchev–Trinajstić information content (AvgIpc) is 2.74. The van der Waals surface area contributed by atoms with Gasteiger partial charge in [0.05, 0.1) is 13.2 Å². The molecule has 6 nitrogen and oxygen atoms in total. The Morgan fingerprint density at radius 3 is 2.48 bits per heavy atom. The van der Waals surface area contributed by atoms with Crippen molar-refractivity contribution in [2.45, 2.75) is 51.6 Å². The summed E-state index contributed by atoms with van der Waals surface area (Å²) in [6, 6.07) is 9.43. The van der Waals surface area contributed by atoms with Crippen molar-refractivity contribution in [1.82, 2.24) is 15.1 Å². The number of likely N-dealkylation sites (tertiary alicyclic amines) is 1. The average molecular weight is 402 g/mol. The van der Waals surface area contributed by atoms with Crippen LogP contribution in [0.15, 0.2) is 30.3 Å². The van der Waals surface area contributed by atoms with E-state index in [1.54, 1.807) is 4.90 Å². The molecule has 1 N–H and O–H groups in total. The molecule has 2 aliphatic rings. The summed E-state index contributed by atoms with van der Waals surface area (Å²) in [5.41, 5.74) is 0.882. The van der Waals surface area contributed by atoms with E-state index in [1.165, 1.54) is 0 Å². The minimum Gasteiger partial charge on any atom is -0.379 e. The Balaban J connectivity index is 1.71. The van der Waals surface area contributed by atoms with Crippen molar-refractivity contribution >= 4 is 11.8 Å². The summed E-state index contributed by atoms with van der Waals surface area (Å²) in [7, 11) is 0. The minimum atomic E-state index is -0.548. The lowest BCUT2D eigenvalue weighted by Gasteiger charge is -2.37. The summed E-state index contributed by atoms with van der Waals surface area (Å²) in [6.45, 7) is 8.98. The van der Waals surface area contributed by atoms with E-state index < -0.39 is 6.04 Å². The number of hydrogen-bond acceptors (Lipinski definition) is 4. The third-order valence-electron chi connectivity index (χ3n) is 5.85. The summed E-state index contributed by atoms with van der Waals surface area (Å²) in [4.78, 5) is 30.1. The predicted octanol–water partition coefficient (Wildman–Crippen LogP) is 2.60. The van der Waals surface area contributed by atoms with Crippen LogP contribution in [-0.4, -0.2) is 67.0 Å². The largest absolute Gasteiger partial charge is 0.379 e. The van der Waals surface area contributed by atoms with Crippen LogP contribution in [0.2, 0.25) is 0 Å². The maximum atomic E-state index is 13.3. The van der Waals surface area contributed by atoms with Gasteiger partial charge in [0, 0.05) is 38.6 Å². The molecular weight excluding hydrogens is 366 g/mol. The Bertz CT molecular complexity index is 659. The van der Waals surface area contributed by atoms with Crippen molar-refractivity contribution in [1.29, 1.82) is 0 Å². The number of carbonyl (C=O) groups excluding carboxylic acids is 2. The number of rotatable bonds is 8. The molecule has 2 saturated heterocycles. The van der Waals surface area contributed by atoms with Crippen molar-refractivity contribution in [2.24, 2.45) is 5.92 Å². The predicted molar refractivity (Wildman–Crippen MR) is 113 cm³/mol. The fourth-order valence-electron chi connectivity index (χ4n) is 4.37. The van der Waals surface area contributed by atoms with Gasteiger partial charge in [0.1, 0.15) is 6.04 Å². The van der Waals surface area contributed by atoms with Gasteiger partial charge in [-0.15, -0.1) is 0 Å². The molecule has 2 aliphatic heterocycles. The van der Waals surface area contributed by atoms with E-state index in [1.807, 2.05) is 30.3 Å². The zero-order valence-electron chi connectivity index (χ0n) is 17.8. The van der Waals surface area contributed by atoms with Gasteiger partial charge in [0.25, 0.3) is 0 Å². The number of morpholine rings is 1. The highest BCUT2D eigenvalue weighted by molar-refractivity contribution is 5.89. The van der Waals surface area contributed by atoms with Crippen LogP contribution >= 0.6 is 0 Å². The molecule has 0 spiro atoms. The first kappa shape index (κ1) is 21.8. The maximum absolute atomic E-state index is 13.3. The van der Waals surface area contributed by atoms with Crippen LogP contribution in [0.4, 0.5) is 0 Å². The van der Waals surface area contributed by atoms with E-state index in [-0.39, 0.29) is 17.9 Å². The lowest BCUT2D eigenvalue weighted by Crippen LogP contribution is -2.51. The van der Waals surface area contributed by atoms with Crippen LogP contribution in [0.25, 0.3) is 0 Å². The second-order valence-corrected chi connectivity index (χ2v) is 8.53. The van der Waals surface area contributed by atoms with Crippen molar-refractivity contribution in [2.75, 3.05) is 39.4 Å². The molecule has 0 aliphatic carbocycles. The molecule has 160 valence electrons. The van der Waals surface area contributed by atoms with Gasteiger partial charge in [-0.05, 0) is 30.7 Å². The van der Waals surface area contributed by atoms with Crippen LogP contribution in [-0.2, 0) is 14.3 Å². The Morgan fingerprint density at radius 1 is 1.10 bits per heavy atom. The Morgan fingerprint density at radius 2 is 1.83 bits per heavy atom. The number of amides is 2. The van der Waals surface area contributed by atoms with Gasteiger partial charge in [-0.3, -0.25) is 14.5 Å². The summed E-state index contributed by atoms with van der Waals surface area (Å²) < 4.78 is 5.49. The summed E-state index contributed by atoms with van der Waals surface area (Å²) in [6.07, 6.45) is 3.41. The number of piperidine rings is 1. The van der Waals surface area contributed by atoms with E-state index in [9.17, 15) is 9.59 Å². The lowest BCUT2D eigenvalue weighted by molar-refractivity contribution is -0.142. The lowest BCUT2D eigenvalue weighted by atomic mass is 9.99. The first-order chi connectivity index (χ1) is 14.1. The molecule has 2 atom stereocenters. The Labute approximate surface area is 174 Å². The van der Waals surface area contributed by atoms with Crippen LogP contribution in [0.1, 0.15) is 51.1 Å². The molecule has 3 rings (SSSR count). The van der Waals surface area contributed by atoms with Crippen LogP contribution < -0.4 is 5.32 Å². The van der Waals surface area contributed by atoms with Crippen molar-refractivity contribution in [3.63, 3.8) is 0 Å². The van der Waals surface area contributed by atoms with Gasteiger partial charge < -0.3 is 15.0 Å². The van der Waals surface area contributed by atoms with Gasteiger partial charge >= 0.3 is 0 Å². The molecular formula is C23H35N3O3. The molecule has 2 unspecified atom stereocenters. The van der Waals surface area contributed by atoms with E-state index in [2.05, 4.69) is 24.1 Å². The van der Waals surface area contributed by atoms with Gasteiger partial charge in [-0.25, -0.2) is 0 Å². The van der Waals surface area contributed by atoms with E-state index in [0.717, 1.165) is 51.1 Å². The number of benzene rings is 1. The quantitative estimate of drug-likeness (QED) is 0.727. The summed E-state index contributed by atoms with van der Waals surface area (Å²) in [5.74, 6) is 0.550. The molecule has 0 bridgehead atoms. The number of nitrogens with zero attached hydrogens (tertiary/aromatic N) is 2. The van der Waals surface area contributed by atoms with Crippen molar-refractivity contribution < 1.29 is 14.3 Å². The van der Waals surface area contributed by atoms with Crippen LogP contribution in [0.3, 0.4) is 0 Å². The van der Waals surface area contributed by atoms with Crippen LogP contribution in [0.5, 0.6) is 0 Å². The number of nitrogens with one attached hydrogen (secondary N) is 1. The minimum absolute atomic E-state index is 0.0755. The molecule has 1 aromatic carbocycles. The first-order valence-electron chi connectivity index (χ1n) is 11.0. The highest BCUT2D eigenvalue weighted by atomic mass is 16.5. The highest BCUT2D eigenvalue weighted by Crippen LogP contribution is 2.26. The fourth-order valence-corrected chi connectivity index (χ4v) is 4.37. The second kappa shape index (κ2) is 10.7. The molecule has 2 amide bonds. The van der Waals surface area contributed by atoms with E-state index >= 15 is 0 Å². The molecule has 29 heavy (non-hydrogen) atoms. The Kier molecular flexibility index (Phi) is 8.07. The van der Waals surface area contributed by atoms with Crippen molar-refractivity contribution in [3.05, 3.63) is 35.9 Å². The second-order valence-electron chi connectivity index (χ2n) is 8.53. The summed E-state index contributed by atoms with van der Waals surface area (Å²) >= 11 is 0. The standard InChI is InChI=1S/C23H35N3O3/c1-18(2)16-20(25-12-14-29-15-13-25)17-24-23(28)22(19-8-4-3-5-9-19)26-11-7-6-10-21(26)27/h3-5,8-9,18,20,22H,6-7,10-17H2,1-2H3,(H,24,28). The molecule has 0 radical (unpaired) electrons. The van der Waals surface area contributed by atoms with Gasteiger partial charge in [0.15, 0.2) is 0 Å². The van der Waals surface area contributed by atoms with Crippen LogP contribution in [0, 0.1) is 5.92 Å². The highest BCUT2D eigenvalue weighted by Gasteiger charge is 2.33. The number of ether oxygens (including phenoxy) is 1. The molecule has 0 saturated carbocycles. The summed E-state index contributed by atoms with van der Waals surface area (Å²) in [5, 5.41) is 3.19. The van der Waals surface area contributed by atoms with E-state index in [4.69, 9.17) is 4.74 Å². The fraction of sp³-hybridized carbons (Fsp3) is 0.652. The van der Waals surface area contributed by atoms with E-state index in [0.29, 0.717) is 25.4 Å². The molecule has 2 heterocycles. The first-order valence-corrected chi connectivity index (χ1v) is 11.0. The molecule has 6 heteroatoms. The van der Waals surface area contributed by atoms with Crippen molar-refractivity contribution in [3.8, 4) is 0 Å². The van der Waals surface area contributed by atoms with Gasteiger partial charge in [0.2, 0.25) is 11.8 Å². The zero-order valence-corrected chi connectivity index (χ0v) is 17.8. The maximum Gasteiger partial charge on any atom is 0.247 e. The SMILES string of the molecule is CC(C)CC(CNC(=O)C(c1ccccc1)N1CCCCC1=O)N1CCOCC1. The number of hydrogen-bond donors (Lipinski definition) is 1. The molecule has 2 fully saturated rings. The Hall–Kier alpha value is -1.92. The monoisotopic (exact) mass is 401 g/mol.